The number of rotatable bonds is 3. The van der Waals surface area contributed by atoms with E-state index in [1.807, 2.05) is 3.33 Å². The fourth-order valence-electron chi connectivity index (χ4n) is 2.16. The number of allylic oxidation sites excluding steroid dienone is 8. The average Bonchev–Trinajstić information content (AvgIpc) is 2.76. The van der Waals surface area contributed by atoms with Gasteiger partial charge in [-0.1, -0.05) is 0 Å². The van der Waals surface area contributed by atoms with Crippen molar-refractivity contribution in [3.8, 4) is 0 Å². The van der Waals surface area contributed by atoms with E-state index in [2.05, 4.69) is 51.2 Å². The molecule has 0 fully saturated rings. The Kier molecular flexibility index (Phi) is 3.30. The minimum absolute atomic E-state index is 0.474. The average molecular weight is 365 g/mol. The molecular formula is C14H18Hf. The van der Waals surface area contributed by atoms with Crippen molar-refractivity contribution < 1.29 is 22.9 Å². The quantitative estimate of drug-likeness (QED) is 0.652. The van der Waals surface area contributed by atoms with Crippen LogP contribution in [0, 0.1) is 0 Å². The Morgan fingerprint density at radius 3 is 2.87 bits per heavy atom. The molecule has 0 aliphatic heterocycles. The van der Waals surface area contributed by atoms with E-state index in [1.54, 1.807) is 11.1 Å². The second-order valence-electron chi connectivity index (χ2n) is 4.50. The Morgan fingerprint density at radius 2 is 2.27 bits per heavy atom. The van der Waals surface area contributed by atoms with Crippen LogP contribution in [0.15, 0.2) is 44.9 Å². The van der Waals surface area contributed by atoms with E-state index in [0.29, 0.717) is 3.17 Å². The third kappa shape index (κ3) is 2.18. The Bertz CT molecular complexity index is 382. The van der Waals surface area contributed by atoms with Crippen molar-refractivity contribution in [2.45, 2.75) is 36.8 Å². The van der Waals surface area contributed by atoms with E-state index < -0.39 is 22.9 Å². The second-order valence-corrected chi connectivity index (χ2v) is 11.3. The van der Waals surface area contributed by atoms with Gasteiger partial charge in [0.1, 0.15) is 0 Å². The number of hydrogen-bond donors (Lipinski definition) is 0. The molecule has 0 saturated heterocycles. The summed E-state index contributed by atoms with van der Waals surface area (Å²) in [7, 11) is 0. The van der Waals surface area contributed by atoms with E-state index >= 15 is 0 Å². The minimum atomic E-state index is -0.725. The summed E-state index contributed by atoms with van der Waals surface area (Å²) >= 11 is -0.725. The van der Waals surface area contributed by atoms with Crippen molar-refractivity contribution in [2.75, 3.05) is 0 Å². The van der Waals surface area contributed by atoms with E-state index in [9.17, 15) is 0 Å². The van der Waals surface area contributed by atoms with Crippen molar-refractivity contribution >= 4 is 0 Å². The van der Waals surface area contributed by atoms with Crippen LogP contribution in [0.2, 0.25) is 3.17 Å². The van der Waals surface area contributed by atoms with Gasteiger partial charge in [-0.2, -0.15) is 0 Å². The van der Waals surface area contributed by atoms with Crippen molar-refractivity contribution in [3.05, 3.63) is 44.9 Å². The molecule has 2 aliphatic rings. The summed E-state index contributed by atoms with van der Waals surface area (Å²) in [5.41, 5.74) is 3.23. The molecule has 0 aromatic rings. The molecule has 1 atom stereocenters. The van der Waals surface area contributed by atoms with Crippen LogP contribution >= 0.6 is 0 Å². The molecule has 1 unspecified atom stereocenters. The maximum absolute atomic E-state index is 2.43. The fourth-order valence-corrected chi connectivity index (χ4v) is 8.36. The molecule has 1 heteroatoms. The molecule has 0 aromatic carbocycles. The molecule has 0 N–H and O–H groups in total. The Morgan fingerprint density at radius 1 is 1.47 bits per heavy atom. The molecule has 0 bridgehead atoms. The first-order valence-electron chi connectivity index (χ1n) is 5.69. The van der Waals surface area contributed by atoms with Crippen LogP contribution in [0.1, 0.15) is 33.6 Å². The van der Waals surface area contributed by atoms with Gasteiger partial charge in [0.15, 0.2) is 0 Å². The van der Waals surface area contributed by atoms with Gasteiger partial charge < -0.3 is 0 Å². The maximum atomic E-state index is 2.43. The van der Waals surface area contributed by atoms with Crippen LogP contribution in [0.5, 0.6) is 0 Å². The molecule has 0 aromatic heterocycles. The van der Waals surface area contributed by atoms with Crippen LogP contribution < -0.4 is 0 Å². The summed E-state index contributed by atoms with van der Waals surface area (Å²) in [5.74, 6) is 0. The predicted octanol–water partition coefficient (Wildman–Crippen LogP) is 4.39. The first kappa shape index (κ1) is 11.3. The predicted molar refractivity (Wildman–Crippen MR) is 62.3 cm³/mol. The van der Waals surface area contributed by atoms with Crippen molar-refractivity contribution in [1.29, 1.82) is 0 Å². The van der Waals surface area contributed by atoms with Crippen molar-refractivity contribution in [2.24, 2.45) is 0 Å². The third-order valence-electron chi connectivity index (χ3n) is 3.42. The first-order valence-corrected chi connectivity index (χ1v) is 9.28. The van der Waals surface area contributed by atoms with E-state index in [-0.39, 0.29) is 0 Å². The van der Waals surface area contributed by atoms with Crippen LogP contribution in [-0.4, -0.2) is 0 Å². The molecule has 15 heavy (non-hydrogen) atoms. The van der Waals surface area contributed by atoms with Crippen LogP contribution in [0.4, 0.5) is 0 Å². The zero-order valence-electron chi connectivity index (χ0n) is 9.80. The summed E-state index contributed by atoms with van der Waals surface area (Å²) in [5, 5.41) is 0. The SMILES string of the molecule is CCC1=[C]([Hf][C]2(C)C=CC=C2C)CC=C1. The molecule has 2 aliphatic carbocycles. The van der Waals surface area contributed by atoms with Gasteiger partial charge in [-0.15, -0.1) is 0 Å². The van der Waals surface area contributed by atoms with Crippen molar-refractivity contribution in [1.82, 2.24) is 0 Å². The summed E-state index contributed by atoms with van der Waals surface area (Å²) in [6.07, 6.45) is 14.2. The van der Waals surface area contributed by atoms with E-state index in [4.69, 9.17) is 0 Å². The van der Waals surface area contributed by atoms with Gasteiger partial charge in [0.25, 0.3) is 0 Å². The normalized spacial score (nSPS) is 28.9. The third-order valence-corrected chi connectivity index (χ3v) is 10.3. The summed E-state index contributed by atoms with van der Waals surface area (Å²) < 4.78 is 2.31. The molecule has 0 nitrogen and oxygen atoms in total. The Labute approximate surface area is 104 Å². The van der Waals surface area contributed by atoms with Crippen LogP contribution in [0.3, 0.4) is 0 Å². The topological polar surface area (TPSA) is 0 Å². The van der Waals surface area contributed by atoms with Gasteiger partial charge in [0.2, 0.25) is 0 Å². The summed E-state index contributed by atoms with van der Waals surface area (Å²) in [6, 6.07) is 0. The molecule has 0 radical (unpaired) electrons. The monoisotopic (exact) mass is 366 g/mol. The standard InChI is InChI=1S/2C7H9.Hf/c1-6-4-3-5-7(6)2;1-2-7-5-3-4-6-7;/h3-5H,1-2H3;3,5H,2,4H2,1H3;. The fraction of sp³-hybridized carbons (Fsp3) is 0.429. The van der Waals surface area contributed by atoms with Gasteiger partial charge in [0, 0.05) is 0 Å². The Hall–Kier alpha value is -0.170. The van der Waals surface area contributed by atoms with E-state index in [0.717, 1.165) is 0 Å². The van der Waals surface area contributed by atoms with Gasteiger partial charge in [-0.3, -0.25) is 0 Å². The van der Waals surface area contributed by atoms with E-state index in [1.165, 1.54) is 12.8 Å². The van der Waals surface area contributed by atoms with Crippen molar-refractivity contribution in [3.63, 3.8) is 0 Å². The Balaban J connectivity index is 2.17. The number of hydrogen-bond acceptors (Lipinski definition) is 0. The molecule has 78 valence electrons. The molecule has 0 heterocycles. The second kappa shape index (κ2) is 4.37. The van der Waals surface area contributed by atoms with Gasteiger partial charge in [-0.05, 0) is 0 Å². The molecule has 0 amide bonds. The first-order chi connectivity index (χ1) is 7.15. The zero-order valence-corrected chi connectivity index (χ0v) is 13.4. The molecular weight excluding hydrogens is 347 g/mol. The molecule has 0 saturated carbocycles. The zero-order chi connectivity index (χ0) is 10.9. The molecule has 2 rings (SSSR count). The van der Waals surface area contributed by atoms with Crippen LogP contribution in [-0.2, 0) is 22.9 Å². The van der Waals surface area contributed by atoms with Gasteiger partial charge >= 0.3 is 105 Å². The van der Waals surface area contributed by atoms with Crippen LogP contribution in [0.25, 0.3) is 0 Å². The summed E-state index contributed by atoms with van der Waals surface area (Å²) in [6.45, 7) is 7.01. The summed E-state index contributed by atoms with van der Waals surface area (Å²) in [4.78, 5) is 0. The molecule has 0 spiro atoms. The van der Waals surface area contributed by atoms with Gasteiger partial charge in [0.05, 0.1) is 0 Å². The van der Waals surface area contributed by atoms with Gasteiger partial charge in [-0.25, -0.2) is 0 Å².